The van der Waals surface area contributed by atoms with Crippen molar-refractivity contribution in [3.63, 3.8) is 0 Å². The Morgan fingerprint density at radius 2 is 1.95 bits per heavy atom. The van der Waals surface area contributed by atoms with Crippen LogP contribution in [0.5, 0.6) is 0 Å². The van der Waals surface area contributed by atoms with Gasteiger partial charge in [-0.15, -0.1) is 0 Å². The van der Waals surface area contributed by atoms with Crippen LogP contribution in [0.1, 0.15) is 57.7 Å². The smallest absolute Gasteiger partial charge is 0.260 e. The maximum Gasteiger partial charge on any atom is 0.260 e. The highest BCUT2D eigenvalue weighted by Gasteiger charge is 2.25. The SMILES string of the molecule is CCCNCc1c(S(=O)(=O)NC(CC)CCC)n[nH]c1C. The molecule has 0 aromatic carbocycles. The molecule has 0 spiro atoms. The molecule has 0 radical (unpaired) electrons. The second-order valence-corrected chi connectivity index (χ2v) is 6.95. The van der Waals surface area contributed by atoms with Crippen molar-refractivity contribution in [1.82, 2.24) is 20.2 Å². The number of hydrogen-bond acceptors (Lipinski definition) is 4. The molecular weight excluding hydrogens is 288 g/mol. The van der Waals surface area contributed by atoms with Crippen molar-refractivity contribution >= 4 is 10.0 Å². The quantitative estimate of drug-likeness (QED) is 0.577. The fourth-order valence-corrected chi connectivity index (χ4v) is 3.77. The van der Waals surface area contributed by atoms with E-state index >= 15 is 0 Å². The molecule has 0 saturated heterocycles. The average Bonchev–Trinajstić information content (AvgIpc) is 2.81. The topological polar surface area (TPSA) is 86.9 Å². The zero-order valence-electron chi connectivity index (χ0n) is 13.5. The van der Waals surface area contributed by atoms with Gasteiger partial charge in [0.2, 0.25) is 0 Å². The first-order valence-corrected chi connectivity index (χ1v) is 9.21. The molecule has 0 bridgehead atoms. The summed E-state index contributed by atoms with van der Waals surface area (Å²) >= 11 is 0. The fraction of sp³-hybridized carbons (Fsp3) is 0.786. The zero-order chi connectivity index (χ0) is 15.9. The molecule has 0 aliphatic rings. The number of hydrogen-bond donors (Lipinski definition) is 3. The van der Waals surface area contributed by atoms with E-state index in [1.165, 1.54) is 0 Å². The lowest BCUT2D eigenvalue weighted by Crippen LogP contribution is -2.35. The first kappa shape index (κ1) is 18.1. The summed E-state index contributed by atoms with van der Waals surface area (Å²) in [7, 11) is -3.57. The van der Waals surface area contributed by atoms with Gasteiger partial charge in [0, 0.05) is 23.8 Å². The summed E-state index contributed by atoms with van der Waals surface area (Å²) in [6.07, 6.45) is 3.57. The van der Waals surface area contributed by atoms with Crippen LogP contribution in [0.2, 0.25) is 0 Å². The lowest BCUT2D eigenvalue weighted by Gasteiger charge is -2.16. The van der Waals surface area contributed by atoms with Crippen LogP contribution in [-0.2, 0) is 16.6 Å². The number of aromatic nitrogens is 2. The highest BCUT2D eigenvalue weighted by atomic mass is 32.2. The minimum atomic E-state index is -3.57. The van der Waals surface area contributed by atoms with Gasteiger partial charge in [-0.3, -0.25) is 5.10 Å². The Balaban J connectivity index is 2.92. The fourth-order valence-electron chi connectivity index (χ4n) is 2.22. The van der Waals surface area contributed by atoms with Gasteiger partial charge in [0.15, 0.2) is 5.03 Å². The monoisotopic (exact) mass is 316 g/mol. The van der Waals surface area contributed by atoms with Crippen LogP contribution in [-0.4, -0.2) is 31.2 Å². The summed E-state index contributed by atoms with van der Waals surface area (Å²) in [4.78, 5) is 0. The lowest BCUT2D eigenvalue weighted by atomic mass is 10.1. The molecule has 1 atom stereocenters. The molecule has 0 aliphatic heterocycles. The van der Waals surface area contributed by atoms with E-state index in [-0.39, 0.29) is 11.1 Å². The molecule has 0 fully saturated rings. The van der Waals surface area contributed by atoms with E-state index in [2.05, 4.69) is 34.1 Å². The number of sulfonamides is 1. The standard InChI is InChI=1S/C14H28N4O2S/c1-5-8-12(7-3)18-21(19,20)14-13(10-15-9-6-2)11(4)16-17-14/h12,15,18H,5-10H2,1-4H3,(H,16,17). The highest BCUT2D eigenvalue weighted by molar-refractivity contribution is 7.89. The number of H-pyrrole nitrogens is 1. The van der Waals surface area contributed by atoms with Gasteiger partial charge < -0.3 is 5.32 Å². The Bertz CT molecular complexity index is 525. The van der Waals surface area contributed by atoms with E-state index in [1.54, 1.807) is 0 Å². The number of nitrogens with zero attached hydrogens (tertiary/aromatic N) is 1. The van der Waals surface area contributed by atoms with Crippen LogP contribution in [0.4, 0.5) is 0 Å². The number of aromatic amines is 1. The predicted octanol–water partition coefficient (Wildman–Crippen LogP) is 2.07. The molecule has 1 aromatic heterocycles. The number of nitrogens with one attached hydrogen (secondary N) is 3. The molecule has 6 nitrogen and oxygen atoms in total. The van der Waals surface area contributed by atoms with Crippen molar-refractivity contribution in [1.29, 1.82) is 0 Å². The lowest BCUT2D eigenvalue weighted by molar-refractivity contribution is 0.509. The number of rotatable bonds is 10. The number of aryl methyl sites for hydroxylation is 1. The first-order valence-electron chi connectivity index (χ1n) is 7.73. The van der Waals surface area contributed by atoms with Crippen molar-refractivity contribution in [2.24, 2.45) is 0 Å². The minimum Gasteiger partial charge on any atom is -0.313 e. The summed E-state index contributed by atoms with van der Waals surface area (Å²) in [6.45, 7) is 9.32. The second-order valence-electron chi connectivity index (χ2n) is 5.32. The third-order valence-corrected chi connectivity index (χ3v) is 4.96. The van der Waals surface area contributed by atoms with Crippen molar-refractivity contribution in [3.8, 4) is 0 Å². The summed E-state index contributed by atoms with van der Waals surface area (Å²) in [5.74, 6) is 0. The maximum absolute atomic E-state index is 12.5. The van der Waals surface area contributed by atoms with Gasteiger partial charge in [0.05, 0.1) is 0 Å². The predicted molar refractivity (Wildman–Crippen MR) is 84.6 cm³/mol. The van der Waals surface area contributed by atoms with Crippen LogP contribution in [0.3, 0.4) is 0 Å². The van der Waals surface area contributed by atoms with Crippen LogP contribution < -0.4 is 10.0 Å². The molecule has 0 amide bonds. The third kappa shape index (κ3) is 5.09. The summed E-state index contributed by atoms with van der Waals surface area (Å²) in [5, 5.41) is 10.1. The first-order chi connectivity index (χ1) is 9.96. The van der Waals surface area contributed by atoms with Crippen LogP contribution >= 0.6 is 0 Å². The summed E-state index contributed by atoms with van der Waals surface area (Å²) in [5.41, 5.74) is 1.52. The molecule has 1 rings (SSSR count). The van der Waals surface area contributed by atoms with Crippen molar-refractivity contribution in [2.75, 3.05) is 6.54 Å². The summed E-state index contributed by atoms with van der Waals surface area (Å²) < 4.78 is 27.8. The minimum absolute atomic E-state index is 0.0338. The van der Waals surface area contributed by atoms with Crippen molar-refractivity contribution in [3.05, 3.63) is 11.3 Å². The van der Waals surface area contributed by atoms with Crippen LogP contribution in [0.15, 0.2) is 5.03 Å². The molecule has 3 N–H and O–H groups in total. The average molecular weight is 316 g/mol. The third-order valence-electron chi connectivity index (χ3n) is 3.47. The highest BCUT2D eigenvalue weighted by Crippen LogP contribution is 2.17. The Kier molecular flexibility index (Phi) is 7.34. The molecule has 1 heterocycles. The van der Waals surface area contributed by atoms with E-state index in [9.17, 15) is 8.42 Å². The Morgan fingerprint density at radius 3 is 2.52 bits per heavy atom. The van der Waals surface area contributed by atoms with Gasteiger partial charge in [0.25, 0.3) is 10.0 Å². The molecule has 21 heavy (non-hydrogen) atoms. The molecule has 1 aromatic rings. The zero-order valence-corrected chi connectivity index (χ0v) is 14.3. The van der Waals surface area contributed by atoms with Gasteiger partial charge in [-0.2, -0.15) is 5.10 Å². The van der Waals surface area contributed by atoms with E-state index in [4.69, 9.17) is 0 Å². The van der Waals surface area contributed by atoms with Crippen molar-refractivity contribution in [2.45, 2.75) is 71.0 Å². The van der Waals surface area contributed by atoms with E-state index in [0.717, 1.165) is 43.5 Å². The van der Waals surface area contributed by atoms with Crippen molar-refractivity contribution < 1.29 is 8.42 Å². The molecule has 1 unspecified atom stereocenters. The van der Waals surface area contributed by atoms with Gasteiger partial charge >= 0.3 is 0 Å². The Hall–Kier alpha value is -0.920. The molecule has 7 heteroatoms. The molecule has 122 valence electrons. The normalized spacial score (nSPS) is 13.5. The largest absolute Gasteiger partial charge is 0.313 e. The maximum atomic E-state index is 12.5. The second kappa shape index (κ2) is 8.51. The molecular formula is C14H28N4O2S. The summed E-state index contributed by atoms with van der Waals surface area (Å²) in [6, 6.07) is -0.0338. The molecule has 0 saturated carbocycles. The Labute approximate surface area is 128 Å². The molecule has 0 aliphatic carbocycles. The van der Waals surface area contributed by atoms with Crippen LogP contribution in [0.25, 0.3) is 0 Å². The van der Waals surface area contributed by atoms with E-state index < -0.39 is 10.0 Å². The van der Waals surface area contributed by atoms with Gasteiger partial charge in [-0.25, -0.2) is 13.1 Å². The van der Waals surface area contributed by atoms with Gasteiger partial charge in [0.1, 0.15) is 0 Å². The van der Waals surface area contributed by atoms with Gasteiger partial charge in [-0.05, 0) is 32.7 Å². The Morgan fingerprint density at radius 1 is 1.24 bits per heavy atom. The van der Waals surface area contributed by atoms with E-state index in [1.807, 2.05) is 13.8 Å². The van der Waals surface area contributed by atoms with Gasteiger partial charge in [-0.1, -0.05) is 27.2 Å². The van der Waals surface area contributed by atoms with Crippen LogP contribution in [0, 0.1) is 6.92 Å². The van der Waals surface area contributed by atoms with E-state index in [0.29, 0.717) is 6.54 Å².